The molecular formula is C12H11ClN2O. The van der Waals surface area contributed by atoms with Crippen molar-refractivity contribution >= 4 is 17.4 Å². The Morgan fingerprint density at radius 2 is 2.31 bits per heavy atom. The molecule has 2 aromatic rings. The highest BCUT2D eigenvalue weighted by Crippen LogP contribution is 2.19. The summed E-state index contributed by atoms with van der Waals surface area (Å²) in [6.07, 6.45) is 3.61. The number of ketones is 1. The van der Waals surface area contributed by atoms with Gasteiger partial charge in [0, 0.05) is 23.0 Å². The minimum absolute atomic E-state index is 0.0231. The van der Waals surface area contributed by atoms with Crippen molar-refractivity contribution in [3.05, 3.63) is 52.6 Å². The number of hydrogen-bond donors (Lipinski definition) is 1. The Balaban J connectivity index is 2.24. The van der Waals surface area contributed by atoms with Crippen LogP contribution in [0.1, 0.15) is 21.7 Å². The van der Waals surface area contributed by atoms with Gasteiger partial charge in [0.25, 0.3) is 0 Å². The zero-order valence-corrected chi connectivity index (χ0v) is 9.58. The normalized spacial score (nSPS) is 10.4. The first-order chi connectivity index (χ1) is 7.68. The molecule has 2 rings (SSSR count). The molecule has 1 aromatic heterocycles. The third kappa shape index (κ3) is 2.14. The third-order valence-corrected chi connectivity index (χ3v) is 2.86. The second-order valence-corrected chi connectivity index (χ2v) is 3.96. The summed E-state index contributed by atoms with van der Waals surface area (Å²) in [4.78, 5) is 18.9. The number of imidazole rings is 1. The molecule has 0 fully saturated rings. The average molecular weight is 235 g/mol. The maximum absolute atomic E-state index is 12.0. The molecule has 0 unspecified atom stereocenters. The van der Waals surface area contributed by atoms with Crippen LogP contribution in [0, 0.1) is 6.92 Å². The van der Waals surface area contributed by atoms with E-state index in [1.807, 2.05) is 6.92 Å². The zero-order valence-electron chi connectivity index (χ0n) is 8.83. The Morgan fingerprint density at radius 3 is 3.00 bits per heavy atom. The van der Waals surface area contributed by atoms with E-state index in [4.69, 9.17) is 11.6 Å². The fraction of sp³-hybridized carbons (Fsp3) is 0.167. The average Bonchev–Trinajstić information content (AvgIpc) is 2.74. The number of nitrogens with zero attached hydrogens (tertiary/aromatic N) is 1. The van der Waals surface area contributed by atoms with Gasteiger partial charge in [0.15, 0.2) is 5.78 Å². The van der Waals surface area contributed by atoms with Gasteiger partial charge in [-0.15, -0.1) is 0 Å². The summed E-state index contributed by atoms with van der Waals surface area (Å²) >= 11 is 5.96. The van der Waals surface area contributed by atoms with Gasteiger partial charge in [-0.05, 0) is 18.6 Å². The molecule has 1 aromatic carbocycles. The second kappa shape index (κ2) is 4.49. The lowest BCUT2D eigenvalue weighted by Gasteiger charge is -2.05. The minimum Gasteiger partial charge on any atom is -0.348 e. The Labute approximate surface area is 98.5 Å². The van der Waals surface area contributed by atoms with Crippen LogP contribution >= 0.6 is 11.6 Å². The molecule has 4 heteroatoms. The van der Waals surface area contributed by atoms with E-state index in [1.54, 1.807) is 30.6 Å². The number of carbonyl (C=O) groups is 1. The molecule has 16 heavy (non-hydrogen) atoms. The molecule has 3 nitrogen and oxygen atoms in total. The predicted molar refractivity (Wildman–Crippen MR) is 62.8 cm³/mol. The number of halogens is 1. The van der Waals surface area contributed by atoms with Crippen molar-refractivity contribution in [2.75, 3.05) is 0 Å². The van der Waals surface area contributed by atoms with E-state index in [2.05, 4.69) is 9.97 Å². The fourth-order valence-corrected chi connectivity index (χ4v) is 1.73. The highest BCUT2D eigenvalue weighted by atomic mass is 35.5. The number of H-pyrrole nitrogens is 1. The lowest BCUT2D eigenvalue weighted by Crippen LogP contribution is -2.07. The summed E-state index contributed by atoms with van der Waals surface area (Å²) in [5, 5.41) is 0.616. The van der Waals surface area contributed by atoms with Gasteiger partial charge in [-0.25, -0.2) is 4.98 Å². The van der Waals surface area contributed by atoms with Crippen LogP contribution in [-0.2, 0) is 6.42 Å². The van der Waals surface area contributed by atoms with Gasteiger partial charge in [-0.3, -0.25) is 4.79 Å². The molecule has 0 bridgehead atoms. The van der Waals surface area contributed by atoms with Crippen molar-refractivity contribution in [2.45, 2.75) is 13.3 Å². The van der Waals surface area contributed by atoms with E-state index in [0.29, 0.717) is 16.4 Å². The molecular weight excluding hydrogens is 224 g/mol. The largest absolute Gasteiger partial charge is 0.348 e. The molecule has 1 heterocycles. The molecule has 0 atom stereocenters. The molecule has 0 aliphatic carbocycles. The van der Waals surface area contributed by atoms with Crippen molar-refractivity contribution in [2.24, 2.45) is 0 Å². The van der Waals surface area contributed by atoms with E-state index < -0.39 is 0 Å². The number of rotatable bonds is 3. The molecule has 82 valence electrons. The van der Waals surface area contributed by atoms with Crippen LogP contribution in [0.5, 0.6) is 0 Å². The smallest absolute Gasteiger partial charge is 0.170 e. The van der Waals surface area contributed by atoms with Crippen molar-refractivity contribution in [3.63, 3.8) is 0 Å². The Kier molecular flexibility index (Phi) is 3.06. The fourth-order valence-electron chi connectivity index (χ4n) is 1.55. The standard InChI is InChI=1S/C12H11ClN2O/c1-8-9(3-2-4-10(8)13)11(16)7-12-14-5-6-15-12/h2-6H,7H2,1H3,(H,14,15). The van der Waals surface area contributed by atoms with Crippen molar-refractivity contribution in [1.82, 2.24) is 9.97 Å². The first-order valence-corrected chi connectivity index (χ1v) is 5.33. The lowest BCUT2D eigenvalue weighted by molar-refractivity contribution is 0.0990. The van der Waals surface area contributed by atoms with Gasteiger partial charge in [0.2, 0.25) is 0 Å². The van der Waals surface area contributed by atoms with Crippen LogP contribution in [0.3, 0.4) is 0 Å². The molecule has 0 spiro atoms. The van der Waals surface area contributed by atoms with Crippen LogP contribution < -0.4 is 0 Å². The van der Waals surface area contributed by atoms with E-state index in [-0.39, 0.29) is 12.2 Å². The summed E-state index contributed by atoms with van der Waals surface area (Å²) in [5.41, 5.74) is 1.48. The molecule has 0 saturated carbocycles. The van der Waals surface area contributed by atoms with Gasteiger partial charge in [-0.2, -0.15) is 0 Å². The number of benzene rings is 1. The van der Waals surface area contributed by atoms with Crippen molar-refractivity contribution in [3.8, 4) is 0 Å². The molecule has 0 aliphatic rings. The molecule has 0 radical (unpaired) electrons. The number of carbonyl (C=O) groups excluding carboxylic acids is 1. The van der Waals surface area contributed by atoms with Crippen LogP contribution in [0.15, 0.2) is 30.6 Å². The predicted octanol–water partition coefficient (Wildman–Crippen LogP) is 2.80. The van der Waals surface area contributed by atoms with Gasteiger partial charge in [0.05, 0.1) is 6.42 Å². The number of Topliss-reactive ketones (excluding diaryl/α,β-unsaturated/α-hetero) is 1. The van der Waals surface area contributed by atoms with Crippen molar-refractivity contribution < 1.29 is 4.79 Å². The summed E-state index contributed by atoms with van der Waals surface area (Å²) in [7, 11) is 0. The first kappa shape index (κ1) is 10.9. The third-order valence-electron chi connectivity index (χ3n) is 2.45. The molecule has 1 N–H and O–H groups in total. The maximum Gasteiger partial charge on any atom is 0.170 e. The van der Waals surface area contributed by atoms with Gasteiger partial charge < -0.3 is 4.98 Å². The first-order valence-electron chi connectivity index (χ1n) is 4.95. The van der Waals surface area contributed by atoms with Crippen LogP contribution in [0.4, 0.5) is 0 Å². The summed E-state index contributed by atoms with van der Waals surface area (Å²) in [6.45, 7) is 1.84. The summed E-state index contributed by atoms with van der Waals surface area (Å²) in [6, 6.07) is 5.34. The van der Waals surface area contributed by atoms with E-state index in [0.717, 1.165) is 5.56 Å². The van der Waals surface area contributed by atoms with Crippen LogP contribution in [0.25, 0.3) is 0 Å². The van der Waals surface area contributed by atoms with Gasteiger partial charge >= 0.3 is 0 Å². The lowest BCUT2D eigenvalue weighted by atomic mass is 10.0. The number of hydrogen-bond acceptors (Lipinski definition) is 2. The van der Waals surface area contributed by atoms with E-state index in [1.165, 1.54) is 0 Å². The van der Waals surface area contributed by atoms with E-state index >= 15 is 0 Å². The quantitative estimate of drug-likeness (QED) is 0.830. The van der Waals surface area contributed by atoms with Gasteiger partial charge in [0.1, 0.15) is 5.82 Å². The van der Waals surface area contributed by atoms with Crippen molar-refractivity contribution in [1.29, 1.82) is 0 Å². The Morgan fingerprint density at radius 1 is 1.50 bits per heavy atom. The van der Waals surface area contributed by atoms with Crippen LogP contribution in [0.2, 0.25) is 5.02 Å². The summed E-state index contributed by atoms with van der Waals surface area (Å²) < 4.78 is 0. The Hall–Kier alpha value is -1.61. The zero-order chi connectivity index (χ0) is 11.5. The molecule has 0 amide bonds. The molecule has 0 saturated heterocycles. The second-order valence-electron chi connectivity index (χ2n) is 3.55. The highest BCUT2D eigenvalue weighted by Gasteiger charge is 2.12. The maximum atomic E-state index is 12.0. The monoisotopic (exact) mass is 234 g/mol. The van der Waals surface area contributed by atoms with E-state index in [9.17, 15) is 4.79 Å². The number of nitrogens with one attached hydrogen (secondary N) is 1. The van der Waals surface area contributed by atoms with Crippen LogP contribution in [-0.4, -0.2) is 15.8 Å². The molecule has 0 aliphatic heterocycles. The highest BCUT2D eigenvalue weighted by molar-refractivity contribution is 6.31. The number of aromatic nitrogens is 2. The Bertz CT molecular complexity index is 506. The summed E-state index contributed by atoms with van der Waals surface area (Å²) in [5.74, 6) is 0.694. The minimum atomic E-state index is 0.0231. The van der Waals surface area contributed by atoms with Gasteiger partial charge in [-0.1, -0.05) is 23.7 Å². The topological polar surface area (TPSA) is 45.8 Å². The number of aromatic amines is 1. The SMILES string of the molecule is Cc1c(Cl)cccc1C(=O)Cc1ncc[nH]1.